The van der Waals surface area contributed by atoms with Crippen LogP contribution in [0.1, 0.15) is 15.2 Å². The second kappa shape index (κ2) is 5.87. The number of non-ortho nitro benzene ring substituents is 1. The summed E-state index contributed by atoms with van der Waals surface area (Å²) in [5, 5.41) is 15.9. The second-order valence-electron chi connectivity index (χ2n) is 3.43. The molecule has 0 aliphatic rings. The van der Waals surface area contributed by atoms with Gasteiger partial charge in [-0.3, -0.25) is 10.1 Å². The van der Waals surface area contributed by atoms with Crippen LogP contribution in [0.15, 0.2) is 46.9 Å². The first-order chi connectivity index (χ1) is 9.16. The first-order valence-corrected chi connectivity index (χ1v) is 6.07. The average Bonchev–Trinajstić information content (AvgIpc) is 2.92. The summed E-state index contributed by atoms with van der Waals surface area (Å²) in [6.45, 7) is 0. The van der Waals surface area contributed by atoms with Crippen molar-refractivity contribution >= 4 is 29.2 Å². The number of carbonyl (C=O) groups excluding carboxylic acids is 1. The summed E-state index contributed by atoms with van der Waals surface area (Å²) in [5.41, 5.74) is 0.118. The van der Waals surface area contributed by atoms with Gasteiger partial charge in [0.2, 0.25) is 0 Å². The minimum atomic E-state index is -0.664. The SMILES string of the molecule is O=C(O/N=C\c1cccs1)c1ccc([N+](=O)[O-])cc1. The summed E-state index contributed by atoms with van der Waals surface area (Å²) >= 11 is 1.46. The number of benzene rings is 1. The lowest BCUT2D eigenvalue weighted by Crippen LogP contribution is -2.01. The van der Waals surface area contributed by atoms with Crippen LogP contribution in [0, 0.1) is 10.1 Å². The van der Waals surface area contributed by atoms with Crippen molar-refractivity contribution in [3.05, 3.63) is 62.3 Å². The van der Waals surface area contributed by atoms with Crippen molar-refractivity contribution in [1.82, 2.24) is 0 Å². The molecule has 0 radical (unpaired) electrons. The largest absolute Gasteiger partial charge is 0.365 e. The number of oxime groups is 1. The van der Waals surface area contributed by atoms with E-state index in [2.05, 4.69) is 9.99 Å². The van der Waals surface area contributed by atoms with Gasteiger partial charge in [0, 0.05) is 17.0 Å². The van der Waals surface area contributed by atoms with Crippen molar-refractivity contribution in [2.24, 2.45) is 5.16 Å². The van der Waals surface area contributed by atoms with E-state index in [1.54, 1.807) is 0 Å². The van der Waals surface area contributed by atoms with Gasteiger partial charge >= 0.3 is 5.97 Å². The molecule has 0 unspecified atom stereocenters. The fraction of sp³-hybridized carbons (Fsp3) is 0. The van der Waals surface area contributed by atoms with Gasteiger partial charge in [-0.1, -0.05) is 11.2 Å². The molecule has 0 atom stereocenters. The highest BCUT2D eigenvalue weighted by atomic mass is 32.1. The Bertz CT molecular complexity index is 605. The Hall–Kier alpha value is -2.54. The predicted octanol–water partition coefficient (Wildman–Crippen LogP) is 2.85. The highest BCUT2D eigenvalue weighted by Gasteiger charge is 2.10. The Balaban J connectivity index is 1.98. The quantitative estimate of drug-likeness (QED) is 0.372. The van der Waals surface area contributed by atoms with E-state index in [0.29, 0.717) is 0 Å². The molecular weight excluding hydrogens is 268 g/mol. The summed E-state index contributed by atoms with van der Waals surface area (Å²) in [6.07, 6.45) is 1.42. The number of hydrogen-bond donors (Lipinski definition) is 0. The first-order valence-electron chi connectivity index (χ1n) is 5.19. The molecule has 1 aromatic carbocycles. The minimum absolute atomic E-state index is 0.0846. The zero-order chi connectivity index (χ0) is 13.7. The van der Waals surface area contributed by atoms with Gasteiger partial charge in [-0.2, -0.15) is 0 Å². The molecule has 0 amide bonds. The van der Waals surface area contributed by atoms with Crippen molar-refractivity contribution in [2.75, 3.05) is 0 Å². The standard InChI is InChI=1S/C12H8N2O4S/c15-12(18-13-8-11-2-1-7-19-11)9-3-5-10(6-4-9)14(16)17/h1-8H/b13-8-. The number of hydrogen-bond acceptors (Lipinski definition) is 6. The van der Waals surface area contributed by atoms with E-state index in [4.69, 9.17) is 0 Å². The highest BCUT2D eigenvalue weighted by molar-refractivity contribution is 7.11. The number of rotatable bonds is 4. The second-order valence-corrected chi connectivity index (χ2v) is 4.41. The molecule has 0 aliphatic carbocycles. The number of thiophene rings is 1. The first kappa shape index (κ1) is 12.9. The molecule has 2 aromatic rings. The molecule has 0 saturated carbocycles. The van der Waals surface area contributed by atoms with Crippen LogP contribution in [0.2, 0.25) is 0 Å². The molecule has 1 heterocycles. The summed E-state index contributed by atoms with van der Waals surface area (Å²) in [7, 11) is 0. The van der Waals surface area contributed by atoms with Crippen LogP contribution in [0.3, 0.4) is 0 Å². The van der Waals surface area contributed by atoms with Gasteiger partial charge < -0.3 is 4.84 Å². The fourth-order valence-electron chi connectivity index (χ4n) is 1.26. The average molecular weight is 276 g/mol. The van der Waals surface area contributed by atoms with Crippen molar-refractivity contribution in [2.45, 2.75) is 0 Å². The van der Waals surface area contributed by atoms with Crippen molar-refractivity contribution in [3.8, 4) is 0 Å². The fourth-order valence-corrected chi connectivity index (χ4v) is 1.84. The Labute approximate surface area is 112 Å². The topological polar surface area (TPSA) is 81.8 Å². The lowest BCUT2D eigenvalue weighted by atomic mass is 10.2. The molecule has 0 N–H and O–H groups in total. The van der Waals surface area contributed by atoms with E-state index in [1.165, 1.54) is 41.8 Å². The maximum Gasteiger partial charge on any atom is 0.365 e. The van der Waals surface area contributed by atoms with Crippen LogP contribution in [0.5, 0.6) is 0 Å². The smallest absolute Gasteiger partial charge is 0.313 e. The molecule has 19 heavy (non-hydrogen) atoms. The lowest BCUT2D eigenvalue weighted by Gasteiger charge is -1.97. The predicted molar refractivity (Wildman–Crippen MR) is 70.4 cm³/mol. The van der Waals surface area contributed by atoms with Gasteiger partial charge in [0.25, 0.3) is 5.69 Å². The Morgan fingerprint density at radius 2 is 2.05 bits per heavy atom. The molecule has 0 bridgehead atoms. The maximum absolute atomic E-state index is 11.6. The van der Waals surface area contributed by atoms with E-state index < -0.39 is 10.9 Å². The van der Waals surface area contributed by atoms with E-state index in [1.807, 2.05) is 17.5 Å². The Morgan fingerprint density at radius 1 is 1.32 bits per heavy atom. The zero-order valence-electron chi connectivity index (χ0n) is 9.55. The third kappa shape index (κ3) is 3.46. The van der Waals surface area contributed by atoms with Gasteiger partial charge in [0.1, 0.15) is 0 Å². The summed E-state index contributed by atoms with van der Waals surface area (Å²) in [5.74, 6) is -0.664. The number of nitro benzene ring substituents is 1. The number of carbonyl (C=O) groups is 1. The molecule has 7 heteroatoms. The van der Waals surface area contributed by atoms with E-state index in [9.17, 15) is 14.9 Å². The maximum atomic E-state index is 11.6. The van der Waals surface area contributed by atoms with Gasteiger partial charge in [0.15, 0.2) is 0 Å². The molecule has 0 fully saturated rings. The normalized spacial score (nSPS) is 10.5. The summed E-state index contributed by atoms with van der Waals surface area (Å²) in [6, 6.07) is 8.79. The molecule has 0 spiro atoms. The number of nitrogens with zero attached hydrogens (tertiary/aromatic N) is 2. The molecule has 1 aromatic heterocycles. The van der Waals surface area contributed by atoms with Crippen LogP contribution >= 0.6 is 11.3 Å². The van der Waals surface area contributed by atoms with E-state index in [-0.39, 0.29) is 11.3 Å². The van der Waals surface area contributed by atoms with Gasteiger partial charge in [-0.05, 0) is 23.6 Å². The van der Waals surface area contributed by atoms with Gasteiger partial charge in [0.05, 0.1) is 16.7 Å². The van der Waals surface area contributed by atoms with Gasteiger partial charge in [-0.25, -0.2) is 4.79 Å². The molecular formula is C12H8N2O4S. The Kier molecular flexibility index (Phi) is 3.99. The molecule has 0 saturated heterocycles. The van der Waals surface area contributed by atoms with Crippen LogP contribution < -0.4 is 0 Å². The number of nitro groups is 1. The molecule has 0 aliphatic heterocycles. The minimum Gasteiger partial charge on any atom is -0.313 e. The van der Waals surface area contributed by atoms with Crippen LogP contribution in [0.25, 0.3) is 0 Å². The molecule has 96 valence electrons. The van der Waals surface area contributed by atoms with Crippen LogP contribution in [-0.2, 0) is 4.84 Å². The van der Waals surface area contributed by atoms with Crippen molar-refractivity contribution in [3.63, 3.8) is 0 Å². The highest BCUT2D eigenvalue weighted by Crippen LogP contribution is 2.12. The van der Waals surface area contributed by atoms with E-state index in [0.717, 1.165) is 4.88 Å². The molecule has 2 rings (SSSR count). The summed E-state index contributed by atoms with van der Waals surface area (Å²) < 4.78 is 0. The van der Waals surface area contributed by atoms with Crippen LogP contribution in [-0.4, -0.2) is 17.1 Å². The monoisotopic (exact) mass is 276 g/mol. The van der Waals surface area contributed by atoms with Crippen LogP contribution in [0.4, 0.5) is 5.69 Å². The third-order valence-corrected chi connectivity index (χ3v) is 2.98. The summed E-state index contributed by atoms with van der Waals surface area (Å²) in [4.78, 5) is 27.0. The van der Waals surface area contributed by atoms with Crippen molar-refractivity contribution in [1.29, 1.82) is 0 Å². The Morgan fingerprint density at radius 3 is 2.63 bits per heavy atom. The van der Waals surface area contributed by atoms with Gasteiger partial charge in [-0.15, -0.1) is 11.3 Å². The van der Waals surface area contributed by atoms with E-state index >= 15 is 0 Å². The van der Waals surface area contributed by atoms with Crippen molar-refractivity contribution < 1.29 is 14.6 Å². The lowest BCUT2D eigenvalue weighted by molar-refractivity contribution is -0.384. The molecule has 6 nitrogen and oxygen atoms in total. The zero-order valence-corrected chi connectivity index (χ0v) is 10.4. The third-order valence-electron chi connectivity index (χ3n) is 2.17.